The maximum atomic E-state index is 12.9. The lowest BCUT2D eigenvalue weighted by Gasteiger charge is -2.21. The van der Waals surface area contributed by atoms with E-state index >= 15 is 0 Å². The minimum atomic E-state index is -3.50. The summed E-state index contributed by atoms with van der Waals surface area (Å²) in [6, 6.07) is 11.0. The Balaban J connectivity index is 1.70. The lowest BCUT2D eigenvalue weighted by atomic mass is 10.0. The summed E-state index contributed by atoms with van der Waals surface area (Å²) in [4.78, 5) is 11.4. The Morgan fingerprint density at radius 1 is 1.20 bits per heavy atom. The fourth-order valence-electron chi connectivity index (χ4n) is 3.35. The van der Waals surface area contributed by atoms with Crippen LogP contribution in [0.25, 0.3) is 10.8 Å². The number of hydrogen-bond acceptors (Lipinski definition) is 4. The SMILES string of the molecule is CC(CCCC(=O)NO)CCN1c2cccc3cccc(c23)S1(=O)=O. The van der Waals surface area contributed by atoms with Gasteiger partial charge in [0.05, 0.1) is 10.6 Å². The van der Waals surface area contributed by atoms with Gasteiger partial charge in [-0.05, 0) is 36.3 Å². The molecule has 1 heterocycles. The van der Waals surface area contributed by atoms with Crippen molar-refractivity contribution in [3.05, 3.63) is 36.4 Å². The number of anilines is 1. The van der Waals surface area contributed by atoms with E-state index in [0.29, 0.717) is 24.3 Å². The summed E-state index contributed by atoms with van der Waals surface area (Å²) in [6.45, 7) is 2.47. The fourth-order valence-corrected chi connectivity index (χ4v) is 5.07. The zero-order valence-corrected chi connectivity index (χ0v) is 14.9. The maximum Gasteiger partial charge on any atom is 0.265 e. The molecule has 0 saturated heterocycles. The van der Waals surface area contributed by atoms with Crippen molar-refractivity contribution < 1.29 is 18.4 Å². The number of amides is 1. The zero-order chi connectivity index (χ0) is 18.0. The molecule has 0 aromatic heterocycles. The first-order chi connectivity index (χ1) is 11.9. The second-order valence-corrected chi connectivity index (χ2v) is 8.36. The molecule has 2 N–H and O–H groups in total. The number of nitrogens with one attached hydrogen (secondary N) is 1. The van der Waals surface area contributed by atoms with Crippen molar-refractivity contribution in [3.8, 4) is 0 Å². The van der Waals surface area contributed by atoms with Gasteiger partial charge in [-0.25, -0.2) is 13.9 Å². The first kappa shape index (κ1) is 17.7. The predicted molar refractivity (Wildman–Crippen MR) is 96.0 cm³/mol. The smallest absolute Gasteiger partial charge is 0.265 e. The topological polar surface area (TPSA) is 86.7 Å². The van der Waals surface area contributed by atoms with Crippen LogP contribution in [0.3, 0.4) is 0 Å². The number of sulfonamides is 1. The number of hydrogen-bond donors (Lipinski definition) is 2. The normalized spacial score (nSPS) is 16.2. The Labute approximate surface area is 147 Å². The summed E-state index contributed by atoms with van der Waals surface area (Å²) in [6.07, 6.45) is 2.45. The summed E-state index contributed by atoms with van der Waals surface area (Å²) < 4.78 is 27.2. The number of nitrogens with zero attached hydrogens (tertiary/aromatic N) is 1. The van der Waals surface area contributed by atoms with Crippen molar-refractivity contribution in [2.75, 3.05) is 10.8 Å². The van der Waals surface area contributed by atoms with Crippen LogP contribution in [0.2, 0.25) is 0 Å². The minimum Gasteiger partial charge on any atom is -0.289 e. The number of carbonyl (C=O) groups is 1. The first-order valence-electron chi connectivity index (χ1n) is 8.42. The van der Waals surface area contributed by atoms with E-state index in [1.807, 2.05) is 31.2 Å². The molecule has 1 aliphatic heterocycles. The zero-order valence-electron chi connectivity index (χ0n) is 14.1. The van der Waals surface area contributed by atoms with E-state index in [0.717, 1.165) is 22.9 Å². The highest BCUT2D eigenvalue weighted by Gasteiger charge is 2.35. The van der Waals surface area contributed by atoms with Crippen molar-refractivity contribution in [1.82, 2.24) is 5.48 Å². The Morgan fingerprint density at radius 2 is 1.92 bits per heavy atom. The second-order valence-electron chi connectivity index (χ2n) is 6.53. The third kappa shape index (κ3) is 3.34. The summed E-state index contributed by atoms with van der Waals surface area (Å²) in [5.41, 5.74) is 2.37. The van der Waals surface area contributed by atoms with Gasteiger partial charge in [-0.3, -0.25) is 14.3 Å². The molecule has 134 valence electrons. The maximum absolute atomic E-state index is 12.9. The van der Waals surface area contributed by atoms with Crippen LogP contribution in [0.1, 0.15) is 32.6 Å². The molecule has 1 aliphatic rings. The molecule has 1 unspecified atom stereocenters. The van der Waals surface area contributed by atoms with Gasteiger partial charge in [0.2, 0.25) is 5.91 Å². The van der Waals surface area contributed by atoms with Crippen LogP contribution in [-0.4, -0.2) is 26.1 Å². The quantitative estimate of drug-likeness (QED) is 0.585. The van der Waals surface area contributed by atoms with Crippen LogP contribution >= 0.6 is 0 Å². The van der Waals surface area contributed by atoms with E-state index in [1.165, 1.54) is 4.31 Å². The fraction of sp³-hybridized carbons (Fsp3) is 0.389. The van der Waals surface area contributed by atoms with E-state index < -0.39 is 15.9 Å². The van der Waals surface area contributed by atoms with Crippen molar-refractivity contribution in [1.29, 1.82) is 0 Å². The molecule has 0 aliphatic carbocycles. The molecule has 25 heavy (non-hydrogen) atoms. The van der Waals surface area contributed by atoms with Gasteiger partial charge < -0.3 is 0 Å². The van der Waals surface area contributed by atoms with E-state index in [2.05, 4.69) is 0 Å². The Hall–Kier alpha value is -2.12. The summed E-state index contributed by atoms with van der Waals surface area (Å²) in [5, 5.41) is 10.2. The van der Waals surface area contributed by atoms with Gasteiger partial charge in [-0.1, -0.05) is 37.6 Å². The molecule has 6 nitrogen and oxygen atoms in total. The van der Waals surface area contributed by atoms with Crippen LogP contribution in [0, 0.1) is 5.92 Å². The molecule has 0 fully saturated rings. The lowest BCUT2D eigenvalue weighted by molar-refractivity contribution is -0.129. The highest BCUT2D eigenvalue weighted by molar-refractivity contribution is 7.93. The number of benzene rings is 2. The standard InChI is InChI=1S/C18H22N2O4S/c1-13(5-2-10-17(21)19-22)11-12-20-15-8-3-6-14-7-4-9-16(18(14)15)25(20,23)24/h3-4,6-9,13,22H,2,5,10-12H2,1H3,(H,19,21). The van der Waals surface area contributed by atoms with Gasteiger partial charge in [0.25, 0.3) is 10.0 Å². The number of hydroxylamine groups is 1. The molecule has 1 amide bonds. The van der Waals surface area contributed by atoms with Crippen molar-refractivity contribution in [2.45, 2.75) is 37.5 Å². The van der Waals surface area contributed by atoms with E-state index in [4.69, 9.17) is 5.21 Å². The van der Waals surface area contributed by atoms with E-state index in [1.54, 1.807) is 17.6 Å². The molecule has 2 aromatic rings. The lowest BCUT2D eigenvalue weighted by Crippen LogP contribution is -2.29. The van der Waals surface area contributed by atoms with Crippen LogP contribution in [0.15, 0.2) is 41.3 Å². The van der Waals surface area contributed by atoms with Crippen molar-refractivity contribution >= 4 is 32.4 Å². The molecular formula is C18H22N2O4S. The molecule has 0 bridgehead atoms. The van der Waals surface area contributed by atoms with Crippen LogP contribution in [0.4, 0.5) is 5.69 Å². The second kappa shape index (κ2) is 7.01. The number of carbonyl (C=O) groups excluding carboxylic acids is 1. The monoisotopic (exact) mass is 362 g/mol. The van der Waals surface area contributed by atoms with Gasteiger partial charge in [0.15, 0.2) is 0 Å². The first-order valence-corrected chi connectivity index (χ1v) is 9.86. The minimum absolute atomic E-state index is 0.271. The van der Waals surface area contributed by atoms with Crippen molar-refractivity contribution in [3.63, 3.8) is 0 Å². The van der Waals surface area contributed by atoms with Gasteiger partial charge >= 0.3 is 0 Å². The third-order valence-corrected chi connectivity index (χ3v) is 6.59. The highest BCUT2D eigenvalue weighted by Crippen LogP contribution is 2.42. The largest absolute Gasteiger partial charge is 0.289 e. The molecular weight excluding hydrogens is 340 g/mol. The van der Waals surface area contributed by atoms with Crippen LogP contribution in [0.5, 0.6) is 0 Å². The van der Waals surface area contributed by atoms with Gasteiger partial charge in [0.1, 0.15) is 0 Å². The average molecular weight is 362 g/mol. The van der Waals surface area contributed by atoms with Gasteiger partial charge in [0, 0.05) is 18.4 Å². The van der Waals surface area contributed by atoms with Gasteiger partial charge in [-0.2, -0.15) is 0 Å². The Morgan fingerprint density at radius 3 is 2.64 bits per heavy atom. The summed E-state index contributed by atoms with van der Waals surface area (Å²) in [5.74, 6) is -0.110. The Kier molecular flexibility index (Phi) is 4.96. The van der Waals surface area contributed by atoms with E-state index in [9.17, 15) is 13.2 Å². The van der Waals surface area contributed by atoms with E-state index in [-0.39, 0.29) is 12.3 Å². The molecule has 2 aromatic carbocycles. The highest BCUT2D eigenvalue weighted by atomic mass is 32.2. The van der Waals surface area contributed by atoms with Crippen molar-refractivity contribution in [2.24, 2.45) is 5.92 Å². The summed E-state index contributed by atoms with van der Waals surface area (Å²) in [7, 11) is -3.50. The molecule has 0 spiro atoms. The third-order valence-electron chi connectivity index (χ3n) is 4.73. The molecule has 0 saturated carbocycles. The average Bonchev–Trinajstić information content (AvgIpc) is 2.82. The predicted octanol–water partition coefficient (Wildman–Crippen LogP) is 3.05. The van der Waals surface area contributed by atoms with Crippen LogP contribution in [-0.2, 0) is 14.8 Å². The molecule has 7 heteroatoms. The molecule has 1 atom stereocenters. The Bertz CT molecular complexity index is 890. The molecule has 0 radical (unpaired) electrons. The number of rotatable bonds is 7. The van der Waals surface area contributed by atoms with Crippen LogP contribution < -0.4 is 9.79 Å². The van der Waals surface area contributed by atoms with Gasteiger partial charge in [-0.15, -0.1) is 0 Å². The molecule has 3 rings (SSSR count). The summed E-state index contributed by atoms with van der Waals surface area (Å²) >= 11 is 0.